The Hall–Kier alpha value is -4.07. The number of aromatic nitrogens is 1. The zero-order valence-corrected chi connectivity index (χ0v) is 16.8. The molecule has 2 amide bonds. The summed E-state index contributed by atoms with van der Waals surface area (Å²) < 4.78 is 10.8. The lowest BCUT2D eigenvalue weighted by molar-refractivity contribution is -0.114. The molecule has 1 aliphatic rings. The minimum atomic E-state index is -0.499. The van der Waals surface area contributed by atoms with Crippen LogP contribution in [0.2, 0.25) is 0 Å². The van der Waals surface area contributed by atoms with Gasteiger partial charge in [0.05, 0.1) is 36.9 Å². The summed E-state index contributed by atoms with van der Waals surface area (Å²) in [5.41, 5.74) is 2.54. The average molecular weight is 419 g/mol. The number of fused-ring (bicyclic) bond motifs is 1. The summed E-state index contributed by atoms with van der Waals surface area (Å²) in [6.45, 7) is 2.73. The molecule has 31 heavy (non-hydrogen) atoms. The van der Waals surface area contributed by atoms with E-state index in [-0.39, 0.29) is 12.3 Å². The number of furan rings is 1. The number of imide groups is 1. The van der Waals surface area contributed by atoms with Crippen molar-refractivity contribution in [2.24, 2.45) is 0 Å². The molecule has 1 aliphatic heterocycles. The van der Waals surface area contributed by atoms with Gasteiger partial charge in [0.15, 0.2) is 11.5 Å². The minimum absolute atomic E-state index is 0.00217. The Morgan fingerprint density at radius 2 is 2.06 bits per heavy atom. The Kier molecular flexibility index (Phi) is 5.70. The van der Waals surface area contributed by atoms with Gasteiger partial charge in [-0.25, -0.2) is 0 Å². The summed E-state index contributed by atoms with van der Waals surface area (Å²) in [6, 6.07) is 10.3. The van der Waals surface area contributed by atoms with Crippen molar-refractivity contribution in [1.29, 1.82) is 0 Å². The summed E-state index contributed by atoms with van der Waals surface area (Å²) in [6.07, 6.45) is 5.38. The topological polar surface area (TPSA) is 114 Å². The van der Waals surface area contributed by atoms with Crippen molar-refractivity contribution in [3.8, 4) is 22.8 Å². The molecule has 3 aromatic rings. The number of amides is 2. The lowest BCUT2D eigenvalue weighted by atomic mass is 9.93. The van der Waals surface area contributed by atoms with E-state index in [4.69, 9.17) is 9.15 Å². The number of rotatable bonds is 7. The maximum absolute atomic E-state index is 12.5. The van der Waals surface area contributed by atoms with Crippen LogP contribution in [0.3, 0.4) is 0 Å². The summed E-state index contributed by atoms with van der Waals surface area (Å²) in [5.74, 6) is 0.0209. The Morgan fingerprint density at radius 3 is 2.81 bits per heavy atom. The highest BCUT2D eigenvalue weighted by atomic mass is 16.5. The summed E-state index contributed by atoms with van der Waals surface area (Å²) in [7, 11) is 0. The van der Waals surface area contributed by atoms with Gasteiger partial charge < -0.3 is 19.6 Å². The van der Waals surface area contributed by atoms with Gasteiger partial charge in [0, 0.05) is 29.0 Å². The Labute approximate surface area is 178 Å². The molecule has 0 bridgehead atoms. The van der Waals surface area contributed by atoms with Crippen LogP contribution in [0.1, 0.15) is 35.0 Å². The van der Waals surface area contributed by atoms with Gasteiger partial charge in [0.25, 0.3) is 11.8 Å². The van der Waals surface area contributed by atoms with E-state index in [1.807, 2.05) is 6.92 Å². The fraction of sp³-hybridized carbons (Fsp3) is 0.174. The molecule has 3 N–H and O–H groups in total. The van der Waals surface area contributed by atoms with Gasteiger partial charge in [-0.15, -0.1) is 0 Å². The molecule has 1 aromatic carbocycles. The predicted octanol–water partition coefficient (Wildman–Crippen LogP) is 3.24. The molecule has 0 spiro atoms. The normalized spacial score (nSPS) is 14.3. The Morgan fingerprint density at radius 1 is 1.19 bits per heavy atom. The Bertz CT molecular complexity index is 1150. The van der Waals surface area contributed by atoms with E-state index in [1.165, 1.54) is 18.5 Å². The molecule has 2 aromatic heterocycles. The molecule has 0 fully saturated rings. The van der Waals surface area contributed by atoms with Gasteiger partial charge in [0.2, 0.25) is 0 Å². The summed E-state index contributed by atoms with van der Waals surface area (Å²) >= 11 is 0. The lowest BCUT2D eigenvalue weighted by Crippen LogP contribution is -2.37. The van der Waals surface area contributed by atoms with E-state index in [0.29, 0.717) is 40.5 Å². The number of aromatic hydroxyl groups is 1. The van der Waals surface area contributed by atoms with E-state index in [2.05, 4.69) is 15.6 Å². The quantitative estimate of drug-likeness (QED) is 0.398. The van der Waals surface area contributed by atoms with Gasteiger partial charge in [-0.05, 0) is 30.7 Å². The number of benzene rings is 1. The molecule has 0 unspecified atom stereocenters. The van der Waals surface area contributed by atoms with Crippen molar-refractivity contribution in [2.75, 3.05) is 6.61 Å². The highest BCUT2D eigenvalue weighted by molar-refractivity contribution is 6.31. The van der Waals surface area contributed by atoms with Crippen molar-refractivity contribution in [3.63, 3.8) is 0 Å². The number of nitrogens with zero attached hydrogens (tertiary/aromatic N) is 1. The SMILES string of the molecule is CCCOc1cnc(CN/C=C2/C(=O)NC(=O)c3ccc(-c4ccco4)cc32)cc1O. The predicted molar refractivity (Wildman–Crippen MR) is 113 cm³/mol. The fourth-order valence-electron chi connectivity index (χ4n) is 3.22. The third-order valence-corrected chi connectivity index (χ3v) is 4.73. The number of ether oxygens (including phenoxy) is 1. The first kappa shape index (κ1) is 20.2. The van der Waals surface area contributed by atoms with Crippen LogP contribution >= 0.6 is 0 Å². The molecule has 0 saturated carbocycles. The summed E-state index contributed by atoms with van der Waals surface area (Å²) in [4.78, 5) is 29.0. The molecular weight excluding hydrogens is 398 g/mol. The second kappa shape index (κ2) is 8.74. The van der Waals surface area contributed by atoms with Crippen molar-refractivity contribution in [2.45, 2.75) is 19.9 Å². The maximum atomic E-state index is 12.5. The van der Waals surface area contributed by atoms with Gasteiger partial charge in [-0.3, -0.25) is 19.9 Å². The van der Waals surface area contributed by atoms with Crippen LogP contribution in [0.25, 0.3) is 16.9 Å². The second-order valence-corrected chi connectivity index (χ2v) is 6.95. The zero-order valence-electron chi connectivity index (χ0n) is 16.8. The van der Waals surface area contributed by atoms with Gasteiger partial charge in [0.1, 0.15) is 5.76 Å². The van der Waals surface area contributed by atoms with Crippen LogP contribution in [0.15, 0.2) is 59.5 Å². The third kappa shape index (κ3) is 4.28. The molecule has 0 radical (unpaired) electrons. The first-order valence-corrected chi connectivity index (χ1v) is 9.85. The van der Waals surface area contributed by atoms with Crippen molar-refractivity contribution < 1.29 is 23.8 Å². The highest BCUT2D eigenvalue weighted by Crippen LogP contribution is 2.30. The van der Waals surface area contributed by atoms with Gasteiger partial charge >= 0.3 is 0 Å². The van der Waals surface area contributed by atoms with Crippen LogP contribution in [0, 0.1) is 0 Å². The molecule has 0 saturated heterocycles. The number of hydrogen-bond donors (Lipinski definition) is 3. The van der Waals surface area contributed by atoms with Crippen molar-refractivity contribution in [1.82, 2.24) is 15.6 Å². The second-order valence-electron chi connectivity index (χ2n) is 6.95. The van der Waals surface area contributed by atoms with Crippen molar-refractivity contribution in [3.05, 3.63) is 71.9 Å². The number of pyridine rings is 1. The van der Waals surface area contributed by atoms with E-state index < -0.39 is 11.8 Å². The number of hydrogen-bond acceptors (Lipinski definition) is 7. The van der Waals surface area contributed by atoms with Gasteiger partial charge in [-0.1, -0.05) is 13.0 Å². The van der Waals surface area contributed by atoms with Crippen molar-refractivity contribution >= 4 is 17.4 Å². The molecule has 158 valence electrons. The maximum Gasteiger partial charge on any atom is 0.260 e. The van der Waals surface area contributed by atoms with Gasteiger partial charge in [-0.2, -0.15) is 0 Å². The largest absolute Gasteiger partial charge is 0.504 e. The fourth-order valence-corrected chi connectivity index (χ4v) is 3.22. The molecule has 4 rings (SSSR count). The molecule has 8 heteroatoms. The first-order valence-electron chi connectivity index (χ1n) is 9.85. The third-order valence-electron chi connectivity index (χ3n) is 4.73. The molecular formula is C23H21N3O5. The summed E-state index contributed by atoms with van der Waals surface area (Å²) in [5, 5.41) is 15.4. The highest BCUT2D eigenvalue weighted by Gasteiger charge is 2.27. The van der Waals surface area contributed by atoms with E-state index >= 15 is 0 Å². The number of nitrogens with one attached hydrogen (secondary N) is 2. The van der Waals surface area contributed by atoms with Crippen LogP contribution in [0.4, 0.5) is 0 Å². The van der Waals surface area contributed by atoms with Crippen LogP contribution in [-0.2, 0) is 11.3 Å². The zero-order chi connectivity index (χ0) is 21.8. The van der Waals surface area contributed by atoms with Crippen LogP contribution in [0.5, 0.6) is 11.5 Å². The average Bonchev–Trinajstić information content (AvgIpc) is 3.30. The van der Waals surface area contributed by atoms with E-state index in [1.54, 1.807) is 36.6 Å². The molecule has 0 atom stereocenters. The molecule has 0 aliphatic carbocycles. The Balaban J connectivity index is 1.56. The standard InChI is InChI=1S/C23H21N3O5/c1-2-7-30-21-13-25-15(10-19(21)27)11-24-12-18-17-9-14(20-4-3-8-31-20)5-6-16(17)22(28)26-23(18)29/h3-6,8-10,12-13,24H,2,7,11H2,1H3,(H,25,27)(H,26,28,29)/b18-12+. The first-order chi connectivity index (χ1) is 15.1. The molecule has 3 heterocycles. The molecule has 8 nitrogen and oxygen atoms in total. The van der Waals surface area contributed by atoms with E-state index in [9.17, 15) is 14.7 Å². The lowest BCUT2D eigenvalue weighted by Gasteiger charge is -2.19. The number of carbonyl (C=O) groups is 2. The van der Waals surface area contributed by atoms with Crippen LogP contribution in [-0.4, -0.2) is 28.5 Å². The van der Waals surface area contributed by atoms with Crippen LogP contribution < -0.4 is 15.4 Å². The minimum Gasteiger partial charge on any atom is -0.504 e. The smallest absolute Gasteiger partial charge is 0.260 e. The monoisotopic (exact) mass is 419 g/mol. The number of carbonyl (C=O) groups excluding carboxylic acids is 2. The van der Waals surface area contributed by atoms with E-state index in [0.717, 1.165) is 12.0 Å².